The molecule has 1 aliphatic heterocycles. The van der Waals surface area contributed by atoms with Gasteiger partial charge in [-0.1, -0.05) is 30.3 Å². The van der Waals surface area contributed by atoms with Crippen LogP contribution in [-0.4, -0.2) is 69.8 Å². The van der Waals surface area contributed by atoms with Crippen molar-refractivity contribution in [3.63, 3.8) is 0 Å². The fraction of sp³-hybridized carbons (Fsp3) is 0.533. The van der Waals surface area contributed by atoms with Crippen molar-refractivity contribution >= 4 is 5.97 Å². The van der Waals surface area contributed by atoms with Gasteiger partial charge in [0.1, 0.15) is 31.0 Å². The molecule has 1 heterocycles. The van der Waals surface area contributed by atoms with Gasteiger partial charge >= 0.3 is 5.97 Å². The molecule has 5 atom stereocenters. The molecule has 0 aromatic heterocycles. The van der Waals surface area contributed by atoms with Crippen LogP contribution in [0.3, 0.4) is 0 Å². The van der Waals surface area contributed by atoms with Crippen LogP contribution in [0.2, 0.25) is 0 Å². The first-order chi connectivity index (χ1) is 10.9. The van der Waals surface area contributed by atoms with Crippen molar-refractivity contribution in [3.05, 3.63) is 35.9 Å². The van der Waals surface area contributed by atoms with E-state index in [0.29, 0.717) is 0 Å². The molecule has 2 rings (SSSR count). The third-order valence-electron chi connectivity index (χ3n) is 3.74. The lowest BCUT2D eigenvalue weighted by atomic mass is 10.1. The van der Waals surface area contributed by atoms with Gasteiger partial charge in [-0.05, 0) is 12.0 Å². The predicted octanol–water partition coefficient (Wildman–Crippen LogP) is -2.10. The summed E-state index contributed by atoms with van der Waals surface area (Å²) in [4.78, 5) is 11.9. The predicted molar refractivity (Wildman–Crippen MR) is 78.0 cm³/mol. The number of hydrogen-bond donors (Lipinski definition) is 5. The Morgan fingerprint density at radius 3 is 2.57 bits per heavy atom. The Labute approximate surface area is 133 Å². The molecule has 0 bridgehead atoms. The number of benzene rings is 1. The number of carbonyl (C=O) groups excluding carboxylic acids is 1. The van der Waals surface area contributed by atoms with Gasteiger partial charge in [0.2, 0.25) is 5.79 Å². The Balaban J connectivity index is 1.85. The summed E-state index contributed by atoms with van der Waals surface area (Å²) in [7, 11) is 0. The highest BCUT2D eigenvalue weighted by Crippen LogP contribution is 2.29. The van der Waals surface area contributed by atoms with Gasteiger partial charge in [0.15, 0.2) is 0 Å². The molecule has 0 saturated carbocycles. The summed E-state index contributed by atoms with van der Waals surface area (Å²) in [6.07, 6.45) is -4.06. The lowest BCUT2D eigenvalue weighted by molar-refractivity contribution is -0.249. The summed E-state index contributed by atoms with van der Waals surface area (Å²) >= 11 is 0. The zero-order chi connectivity index (χ0) is 17.0. The highest BCUT2D eigenvalue weighted by molar-refractivity contribution is 5.75. The highest BCUT2D eigenvalue weighted by atomic mass is 16.7. The summed E-state index contributed by atoms with van der Waals surface area (Å²) < 4.78 is 9.92. The molecular formula is C15H21NO7. The van der Waals surface area contributed by atoms with Crippen molar-refractivity contribution in [1.29, 1.82) is 0 Å². The summed E-state index contributed by atoms with van der Waals surface area (Å²) in [6, 6.07) is 8.27. The minimum Gasteiger partial charge on any atom is -0.462 e. The molecule has 1 aromatic rings. The van der Waals surface area contributed by atoms with E-state index in [0.717, 1.165) is 5.56 Å². The van der Waals surface area contributed by atoms with Crippen LogP contribution in [0.1, 0.15) is 5.56 Å². The normalized spacial score (nSPS) is 31.8. The summed E-state index contributed by atoms with van der Waals surface area (Å²) in [5, 5.41) is 38.1. The molecule has 0 aliphatic carbocycles. The Morgan fingerprint density at radius 1 is 1.35 bits per heavy atom. The maximum Gasteiger partial charge on any atom is 0.323 e. The average Bonchev–Trinajstić information content (AvgIpc) is 2.78. The van der Waals surface area contributed by atoms with Crippen molar-refractivity contribution in [2.75, 3.05) is 13.2 Å². The number of carbonyl (C=O) groups is 1. The smallest absolute Gasteiger partial charge is 0.323 e. The zero-order valence-electron chi connectivity index (χ0n) is 12.4. The van der Waals surface area contributed by atoms with E-state index >= 15 is 0 Å². The quantitative estimate of drug-likeness (QED) is 0.374. The molecule has 0 amide bonds. The van der Waals surface area contributed by atoms with E-state index in [1.165, 1.54) is 0 Å². The first-order valence-electron chi connectivity index (χ1n) is 7.20. The lowest BCUT2D eigenvalue weighted by Crippen LogP contribution is -2.46. The number of rotatable bonds is 6. The lowest BCUT2D eigenvalue weighted by Gasteiger charge is -2.22. The topological polar surface area (TPSA) is 142 Å². The van der Waals surface area contributed by atoms with Crippen molar-refractivity contribution in [2.24, 2.45) is 5.73 Å². The third kappa shape index (κ3) is 4.05. The molecule has 6 N–H and O–H groups in total. The molecule has 1 aliphatic rings. The van der Waals surface area contributed by atoms with Crippen LogP contribution in [0.4, 0.5) is 0 Å². The molecule has 128 valence electrons. The molecule has 1 aromatic carbocycles. The first-order valence-corrected chi connectivity index (χ1v) is 7.20. The molecule has 1 saturated heterocycles. The molecule has 0 spiro atoms. The Hall–Kier alpha value is -1.55. The maximum absolute atomic E-state index is 11.9. The largest absolute Gasteiger partial charge is 0.462 e. The van der Waals surface area contributed by atoms with Crippen molar-refractivity contribution in [1.82, 2.24) is 0 Å². The molecule has 1 fully saturated rings. The van der Waals surface area contributed by atoms with E-state index in [1.54, 1.807) is 0 Å². The van der Waals surface area contributed by atoms with Crippen LogP contribution in [0.15, 0.2) is 30.3 Å². The second-order valence-electron chi connectivity index (χ2n) is 5.52. The van der Waals surface area contributed by atoms with E-state index in [4.69, 9.17) is 20.3 Å². The Kier molecular flexibility index (Phi) is 5.69. The first kappa shape index (κ1) is 17.8. The number of nitrogens with two attached hydrogens (primary N) is 1. The van der Waals surface area contributed by atoms with Gasteiger partial charge in [0.05, 0.1) is 6.61 Å². The van der Waals surface area contributed by atoms with E-state index < -0.39 is 49.3 Å². The van der Waals surface area contributed by atoms with Crippen LogP contribution < -0.4 is 5.73 Å². The maximum atomic E-state index is 11.9. The van der Waals surface area contributed by atoms with Crippen molar-refractivity contribution in [3.8, 4) is 0 Å². The van der Waals surface area contributed by atoms with Gasteiger partial charge < -0.3 is 35.6 Å². The Morgan fingerprint density at radius 2 is 2.00 bits per heavy atom. The van der Waals surface area contributed by atoms with E-state index in [1.807, 2.05) is 30.3 Å². The van der Waals surface area contributed by atoms with E-state index in [-0.39, 0.29) is 6.42 Å². The third-order valence-corrected chi connectivity index (χ3v) is 3.74. The van der Waals surface area contributed by atoms with Crippen LogP contribution in [0.5, 0.6) is 0 Å². The van der Waals surface area contributed by atoms with Crippen molar-refractivity contribution in [2.45, 2.75) is 36.6 Å². The van der Waals surface area contributed by atoms with Crippen LogP contribution >= 0.6 is 0 Å². The van der Waals surface area contributed by atoms with Crippen molar-refractivity contribution < 1.29 is 34.7 Å². The number of esters is 1. The molecule has 8 heteroatoms. The molecule has 23 heavy (non-hydrogen) atoms. The summed E-state index contributed by atoms with van der Waals surface area (Å²) in [5.74, 6) is -2.97. The second kappa shape index (κ2) is 7.35. The van der Waals surface area contributed by atoms with Crippen LogP contribution in [0, 0.1) is 0 Å². The number of hydrogen-bond acceptors (Lipinski definition) is 8. The molecule has 0 radical (unpaired) electrons. The zero-order valence-corrected chi connectivity index (χ0v) is 12.4. The van der Waals surface area contributed by atoms with Gasteiger partial charge in [-0.15, -0.1) is 0 Å². The molecule has 8 nitrogen and oxygen atoms in total. The summed E-state index contributed by atoms with van der Waals surface area (Å²) in [6.45, 7) is -1.30. The van der Waals surface area contributed by atoms with Gasteiger partial charge in [0.25, 0.3) is 0 Å². The van der Waals surface area contributed by atoms with Gasteiger partial charge in [-0.3, -0.25) is 4.79 Å². The SMILES string of the molecule is N[C@@H](Cc1ccccc1)C(=O)OC[C@H]1O[C@](O)(CO)[C@H](O)[C@@H]1O. The minimum absolute atomic E-state index is 0.289. The number of aliphatic hydroxyl groups is 4. The second-order valence-corrected chi connectivity index (χ2v) is 5.52. The fourth-order valence-corrected chi connectivity index (χ4v) is 2.36. The standard InChI is InChI=1S/C15H21NO7/c16-10(6-9-4-2-1-3-5-9)14(20)22-7-11-12(18)13(19)15(21,8-17)23-11/h1-5,10-13,17-19,21H,6-8,16H2/t10-,11+,12+,13+,15+/m0/s1. The van der Waals surface area contributed by atoms with E-state index in [2.05, 4.69) is 0 Å². The minimum atomic E-state index is -2.28. The average molecular weight is 327 g/mol. The fourth-order valence-electron chi connectivity index (χ4n) is 2.36. The molecule has 0 unspecified atom stereocenters. The molecular weight excluding hydrogens is 306 g/mol. The van der Waals surface area contributed by atoms with Gasteiger partial charge in [0, 0.05) is 0 Å². The highest BCUT2D eigenvalue weighted by Gasteiger charge is 2.53. The van der Waals surface area contributed by atoms with Crippen LogP contribution in [0.25, 0.3) is 0 Å². The van der Waals surface area contributed by atoms with Gasteiger partial charge in [-0.25, -0.2) is 0 Å². The van der Waals surface area contributed by atoms with E-state index in [9.17, 15) is 20.1 Å². The number of ether oxygens (including phenoxy) is 2. The van der Waals surface area contributed by atoms with Gasteiger partial charge in [-0.2, -0.15) is 0 Å². The number of aliphatic hydroxyl groups excluding tert-OH is 3. The monoisotopic (exact) mass is 327 g/mol. The van der Waals surface area contributed by atoms with Crippen LogP contribution in [-0.2, 0) is 20.7 Å². The summed E-state index contributed by atoms with van der Waals surface area (Å²) in [5.41, 5.74) is 6.63. The Bertz CT molecular complexity index is 526.